The van der Waals surface area contributed by atoms with Crippen molar-refractivity contribution < 1.29 is 4.79 Å². The summed E-state index contributed by atoms with van der Waals surface area (Å²) < 4.78 is 0. The first-order chi connectivity index (χ1) is 9.61. The van der Waals surface area contributed by atoms with E-state index in [0.29, 0.717) is 22.8 Å². The summed E-state index contributed by atoms with van der Waals surface area (Å²) in [7, 11) is 0. The van der Waals surface area contributed by atoms with Crippen LogP contribution in [0.3, 0.4) is 0 Å². The van der Waals surface area contributed by atoms with E-state index in [-0.39, 0.29) is 5.91 Å². The number of hydrogen-bond acceptors (Lipinski definition) is 3. The number of aromatic nitrogens is 1. The van der Waals surface area contributed by atoms with Crippen LogP contribution in [0.1, 0.15) is 28.5 Å². The van der Waals surface area contributed by atoms with Gasteiger partial charge in [-0.3, -0.25) is 9.78 Å². The van der Waals surface area contributed by atoms with Crippen molar-refractivity contribution in [2.45, 2.75) is 19.9 Å². The average molecular weight is 290 g/mol. The first kappa shape index (κ1) is 14.3. The van der Waals surface area contributed by atoms with Crippen molar-refractivity contribution in [2.75, 3.05) is 5.73 Å². The third-order valence-corrected chi connectivity index (χ3v) is 3.28. The van der Waals surface area contributed by atoms with Crippen LogP contribution in [0.25, 0.3) is 0 Å². The Labute approximate surface area is 123 Å². The summed E-state index contributed by atoms with van der Waals surface area (Å²) in [5, 5.41) is 3.34. The number of amides is 1. The minimum Gasteiger partial charge on any atom is -0.398 e. The van der Waals surface area contributed by atoms with Crippen LogP contribution in [-0.2, 0) is 13.0 Å². The number of nitrogen functional groups attached to an aromatic ring is 1. The number of nitrogens with two attached hydrogens (primary N) is 1. The number of aryl methyl sites for hydroxylation is 1. The Balaban J connectivity index is 2.09. The molecule has 0 atom stereocenters. The zero-order valence-corrected chi connectivity index (χ0v) is 11.9. The SMILES string of the molecule is CCc1cccnc1CNC(=O)c1ccc(Cl)cc1N. The lowest BCUT2D eigenvalue weighted by Crippen LogP contribution is -2.24. The summed E-state index contributed by atoms with van der Waals surface area (Å²) >= 11 is 5.81. The smallest absolute Gasteiger partial charge is 0.253 e. The maximum atomic E-state index is 12.1. The maximum Gasteiger partial charge on any atom is 0.253 e. The van der Waals surface area contributed by atoms with Crippen molar-refractivity contribution in [1.82, 2.24) is 10.3 Å². The van der Waals surface area contributed by atoms with Crippen LogP contribution in [0.5, 0.6) is 0 Å². The van der Waals surface area contributed by atoms with Crippen molar-refractivity contribution in [2.24, 2.45) is 0 Å². The molecule has 2 rings (SSSR count). The van der Waals surface area contributed by atoms with E-state index < -0.39 is 0 Å². The van der Waals surface area contributed by atoms with Crippen LogP contribution in [0, 0.1) is 0 Å². The molecule has 1 heterocycles. The molecule has 0 radical (unpaired) electrons. The van der Waals surface area contributed by atoms with E-state index in [1.54, 1.807) is 24.4 Å². The lowest BCUT2D eigenvalue weighted by atomic mass is 10.1. The van der Waals surface area contributed by atoms with Gasteiger partial charge in [0.2, 0.25) is 0 Å². The third kappa shape index (κ3) is 3.27. The fourth-order valence-electron chi connectivity index (χ4n) is 1.95. The highest BCUT2D eigenvalue weighted by Crippen LogP contribution is 2.18. The van der Waals surface area contributed by atoms with E-state index >= 15 is 0 Å². The monoisotopic (exact) mass is 289 g/mol. The van der Waals surface area contributed by atoms with Gasteiger partial charge in [-0.25, -0.2) is 0 Å². The van der Waals surface area contributed by atoms with Gasteiger partial charge in [-0.1, -0.05) is 24.6 Å². The van der Waals surface area contributed by atoms with Gasteiger partial charge in [0, 0.05) is 16.9 Å². The topological polar surface area (TPSA) is 68.0 Å². The summed E-state index contributed by atoms with van der Waals surface area (Å²) in [5.41, 5.74) is 8.57. The Morgan fingerprint density at radius 2 is 2.20 bits per heavy atom. The normalized spacial score (nSPS) is 10.3. The molecule has 1 aromatic carbocycles. The third-order valence-electron chi connectivity index (χ3n) is 3.04. The minimum atomic E-state index is -0.230. The summed E-state index contributed by atoms with van der Waals surface area (Å²) in [6.07, 6.45) is 2.60. The maximum absolute atomic E-state index is 12.1. The molecule has 104 valence electrons. The highest BCUT2D eigenvalue weighted by atomic mass is 35.5. The van der Waals surface area contributed by atoms with Crippen LogP contribution >= 0.6 is 11.6 Å². The molecule has 5 heteroatoms. The van der Waals surface area contributed by atoms with Crippen molar-refractivity contribution in [3.05, 3.63) is 58.4 Å². The van der Waals surface area contributed by atoms with Crippen LogP contribution in [0.4, 0.5) is 5.69 Å². The number of anilines is 1. The second-order valence-electron chi connectivity index (χ2n) is 4.38. The molecule has 0 spiro atoms. The van der Waals surface area contributed by atoms with Gasteiger partial charge in [-0.15, -0.1) is 0 Å². The standard InChI is InChI=1S/C15H16ClN3O/c1-2-10-4-3-7-18-14(10)9-19-15(20)12-6-5-11(16)8-13(12)17/h3-8H,2,9,17H2,1H3,(H,19,20). The summed E-state index contributed by atoms with van der Waals surface area (Å²) in [6.45, 7) is 2.43. The predicted molar refractivity (Wildman–Crippen MR) is 80.6 cm³/mol. The summed E-state index contributed by atoms with van der Waals surface area (Å²) in [5.74, 6) is -0.230. The number of benzene rings is 1. The highest BCUT2D eigenvalue weighted by Gasteiger charge is 2.10. The van der Waals surface area contributed by atoms with Crippen LogP contribution < -0.4 is 11.1 Å². The Kier molecular flexibility index (Phi) is 4.58. The molecule has 0 fully saturated rings. The Morgan fingerprint density at radius 3 is 2.90 bits per heavy atom. The Morgan fingerprint density at radius 1 is 1.40 bits per heavy atom. The van der Waals surface area contributed by atoms with Gasteiger partial charge in [0.25, 0.3) is 5.91 Å². The first-order valence-corrected chi connectivity index (χ1v) is 6.75. The first-order valence-electron chi connectivity index (χ1n) is 6.37. The van der Waals surface area contributed by atoms with E-state index in [0.717, 1.165) is 17.7 Å². The number of rotatable bonds is 4. The molecule has 0 aliphatic heterocycles. The molecular weight excluding hydrogens is 274 g/mol. The lowest BCUT2D eigenvalue weighted by molar-refractivity contribution is 0.0951. The van der Waals surface area contributed by atoms with Gasteiger partial charge in [0.1, 0.15) is 0 Å². The van der Waals surface area contributed by atoms with Gasteiger partial charge in [-0.2, -0.15) is 0 Å². The molecule has 0 unspecified atom stereocenters. The average Bonchev–Trinajstić information content (AvgIpc) is 2.45. The highest BCUT2D eigenvalue weighted by molar-refractivity contribution is 6.31. The van der Waals surface area contributed by atoms with E-state index in [1.807, 2.05) is 12.1 Å². The quantitative estimate of drug-likeness (QED) is 0.851. The molecule has 1 amide bonds. The van der Waals surface area contributed by atoms with Gasteiger partial charge in [-0.05, 0) is 36.2 Å². The molecule has 0 aliphatic rings. The summed E-state index contributed by atoms with van der Waals surface area (Å²) in [4.78, 5) is 16.4. The molecule has 0 saturated heterocycles. The Hall–Kier alpha value is -2.07. The zero-order chi connectivity index (χ0) is 14.5. The van der Waals surface area contributed by atoms with Crippen LogP contribution in [0.15, 0.2) is 36.5 Å². The van der Waals surface area contributed by atoms with Crippen LogP contribution in [-0.4, -0.2) is 10.9 Å². The molecule has 0 saturated carbocycles. The largest absolute Gasteiger partial charge is 0.398 e. The number of nitrogens with one attached hydrogen (secondary N) is 1. The number of carbonyl (C=O) groups excluding carboxylic acids is 1. The number of hydrogen-bond donors (Lipinski definition) is 2. The van der Waals surface area contributed by atoms with Crippen molar-refractivity contribution in [3.63, 3.8) is 0 Å². The van der Waals surface area contributed by atoms with Crippen molar-refractivity contribution in [3.8, 4) is 0 Å². The number of halogens is 1. The van der Waals surface area contributed by atoms with Gasteiger partial charge < -0.3 is 11.1 Å². The molecule has 4 nitrogen and oxygen atoms in total. The second-order valence-corrected chi connectivity index (χ2v) is 4.81. The van der Waals surface area contributed by atoms with Gasteiger partial charge >= 0.3 is 0 Å². The van der Waals surface area contributed by atoms with Crippen molar-refractivity contribution in [1.29, 1.82) is 0 Å². The molecule has 2 aromatic rings. The second kappa shape index (κ2) is 6.39. The lowest BCUT2D eigenvalue weighted by Gasteiger charge is -2.09. The number of carbonyl (C=O) groups is 1. The van der Waals surface area contributed by atoms with Gasteiger partial charge in [0.05, 0.1) is 17.8 Å². The van der Waals surface area contributed by atoms with Crippen LogP contribution in [0.2, 0.25) is 5.02 Å². The molecule has 20 heavy (non-hydrogen) atoms. The fourth-order valence-corrected chi connectivity index (χ4v) is 2.13. The van der Waals surface area contributed by atoms with E-state index in [4.69, 9.17) is 17.3 Å². The predicted octanol–water partition coefficient (Wildman–Crippen LogP) is 2.81. The van der Waals surface area contributed by atoms with E-state index in [2.05, 4.69) is 17.2 Å². The molecular formula is C15H16ClN3O. The summed E-state index contributed by atoms with van der Waals surface area (Å²) in [6, 6.07) is 8.72. The molecule has 0 bridgehead atoms. The zero-order valence-electron chi connectivity index (χ0n) is 11.2. The number of nitrogens with zero attached hydrogens (tertiary/aromatic N) is 1. The Bertz CT molecular complexity index is 628. The minimum absolute atomic E-state index is 0.230. The fraction of sp³-hybridized carbons (Fsp3) is 0.200. The van der Waals surface area contributed by atoms with Crippen molar-refractivity contribution >= 4 is 23.2 Å². The molecule has 0 aliphatic carbocycles. The van der Waals surface area contributed by atoms with E-state index in [1.165, 1.54) is 0 Å². The van der Waals surface area contributed by atoms with Gasteiger partial charge in [0.15, 0.2) is 0 Å². The molecule has 3 N–H and O–H groups in total. The molecule has 1 aromatic heterocycles. The van der Waals surface area contributed by atoms with E-state index in [9.17, 15) is 4.79 Å². The number of pyridine rings is 1.